The molecule has 2 amide bonds. The first kappa shape index (κ1) is 21.9. The highest BCUT2D eigenvalue weighted by molar-refractivity contribution is 6.03. The molecule has 2 N–H and O–H groups in total. The number of aromatic nitrogens is 4. The Labute approximate surface area is 187 Å². The maximum Gasteiger partial charge on any atom is 0.408 e. The molecule has 3 aromatic heterocycles. The van der Waals surface area contributed by atoms with Gasteiger partial charge >= 0.3 is 6.09 Å². The van der Waals surface area contributed by atoms with Crippen molar-refractivity contribution in [1.82, 2.24) is 24.8 Å². The number of hydrogen-bond acceptors (Lipinski definition) is 7. The highest BCUT2D eigenvalue weighted by atomic mass is 19.1. The molecule has 0 saturated carbocycles. The van der Waals surface area contributed by atoms with Crippen LogP contribution in [0.4, 0.5) is 14.9 Å². The van der Waals surface area contributed by atoms with Crippen molar-refractivity contribution in [3.8, 4) is 11.4 Å². The molecule has 0 aliphatic rings. The third kappa shape index (κ3) is 5.14. The summed E-state index contributed by atoms with van der Waals surface area (Å²) in [6.45, 7) is 5.20. The van der Waals surface area contributed by atoms with Crippen molar-refractivity contribution >= 4 is 23.3 Å². The third-order valence-electron chi connectivity index (χ3n) is 4.37. The number of imidazole rings is 1. The van der Waals surface area contributed by atoms with Gasteiger partial charge in [-0.15, -0.1) is 0 Å². The monoisotopic (exact) mass is 452 g/mol. The predicted molar refractivity (Wildman–Crippen MR) is 116 cm³/mol. The van der Waals surface area contributed by atoms with Gasteiger partial charge in [-0.1, -0.05) is 11.2 Å². The second kappa shape index (κ2) is 8.69. The van der Waals surface area contributed by atoms with Crippen LogP contribution in [0.3, 0.4) is 0 Å². The summed E-state index contributed by atoms with van der Waals surface area (Å²) in [7, 11) is 0. The second-order valence-electron chi connectivity index (χ2n) is 8.09. The zero-order valence-corrected chi connectivity index (χ0v) is 18.1. The molecule has 170 valence electrons. The fourth-order valence-electron chi connectivity index (χ4n) is 2.95. The molecule has 0 radical (unpaired) electrons. The first-order valence-electron chi connectivity index (χ1n) is 10.0. The van der Waals surface area contributed by atoms with Gasteiger partial charge in [0.25, 0.3) is 5.91 Å². The lowest BCUT2D eigenvalue weighted by atomic mass is 10.2. The Balaban J connectivity index is 1.47. The average molecular weight is 452 g/mol. The van der Waals surface area contributed by atoms with Gasteiger partial charge in [-0.3, -0.25) is 9.20 Å². The molecule has 0 aliphatic carbocycles. The summed E-state index contributed by atoms with van der Waals surface area (Å²) < 4.78 is 26.3. The molecule has 0 spiro atoms. The quantitative estimate of drug-likeness (QED) is 0.472. The Morgan fingerprint density at radius 1 is 1.21 bits per heavy atom. The van der Waals surface area contributed by atoms with E-state index in [9.17, 15) is 14.0 Å². The lowest BCUT2D eigenvalue weighted by Crippen LogP contribution is -2.32. The van der Waals surface area contributed by atoms with Crippen LogP contribution < -0.4 is 10.6 Å². The number of alkyl carbamates (subject to hydrolysis) is 1. The molecule has 0 fully saturated rings. The van der Waals surface area contributed by atoms with Gasteiger partial charge in [0.1, 0.15) is 29.3 Å². The van der Waals surface area contributed by atoms with E-state index in [1.54, 1.807) is 49.6 Å². The van der Waals surface area contributed by atoms with Crippen LogP contribution in [0.2, 0.25) is 0 Å². The van der Waals surface area contributed by atoms with Crippen LogP contribution >= 0.6 is 0 Å². The molecular weight excluding hydrogens is 431 g/mol. The van der Waals surface area contributed by atoms with Gasteiger partial charge in [0.05, 0.1) is 11.9 Å². The van der Waals surface area contributed by atoms with E-state index in [1.165, 1.54) is 24.4 Å². The van der Waals surface area contributed by atoms with Crippen molar-refractivity contribution in [3.63, 3.8) is 0 Å². The number of fused-ring (bicyclic) bond motifs is 1. The number of benzene rings is 1. The summed E-state index contributed by atoms with van der Waals surface area (Å²) >= 11 is 0. The van der Waals surface area contributed by atoms with Crippen LogP contribution in [0.25, 0.3) is 17.0 Å². The highest BCUT2D eigenvalue weighted by Crippen LogP contribution is 2.24. The summed E-state index contributed by atoms with van der Waals surface area (Å²) in [5.41, 5.74) is 0.572. The molecule has 0 aliphatic heterocycles. The van der Waals surface area contributed by atoms with E-state index in [1.807, 2.05) is 0 Å². The number of carbonyl (C=O) groups excluding carboxylic acids is 2. The predicted octanol–water partition coefficient (Wildman–Crippen LogP) is 3.80. The van der Waals surface area contributed by atoms with Gasteiger partial charge in [-0.25, -0.2) is 14.2 Å². The van der Waals surface area contributed by atoms with Gasteiger partial charge in [0, 0.05) is 11.8 Å². The molecule has 4 aromatic rings. The minimum absolute atomic E-state index is 0.0407. The SMILES string of the molecule is CC(C)(C)OC(=O)NCc1nc(-c2ccc(F)c(NC(=O)c3cnc4ccccn34)c2)no1. The van der Waals surface area contributed by atoms with Crippen LogP contribution in [0.15, 0.2) is 53.3 Å². The number of ether oxygens (including phenoxy) is 1. The number of pyridine rings is 1. The summed E-state index contributed by atoms with van der Waals surface area (Å²) in [5.74, 6) is -0.853. The number of carbonyl (C=O) groups is 2. The van der Waals surface area contributed by atoms with Gasteiger partial charge in [0.2, 0.25) is 11.7 Å². The summed E-state index contributed by atoms with van der Waals surface area (Å²) in [6, 6.07) is 9.35. The Bertz CT molecular complexity index is 1320. The topological polar surface area (TPSA) is 124 Å². The lowest BCUT2D eigenvalue weighted by molar-refractivity contribution is 0.0517. The van der Waals surface area contributed by atoms with Crippen LogP contribution in [0.1, 0.15) is 37.2 Å². The van der Waals surface area contributed by atoms with Gasteiger partial charge in [-0.2, -0.15) is 4.98 Å². The number of anilines is 1. The molecule has 1 aromatic carbocycles. The Morgan fingerprint density at radius 2 is 2.03 bits per heavy atom. The molecule has 0 atom stereocenters. The normalized spacial score (nSPS) is 11.4. The highest BCUT2D eigenvalue weighted by Gasteiger charge is 2.18. The average Bonchev–Trinajstić information content (AvgIpc) is 3.40. The Kier molecular flexibility index (Phi) is 5.78. The van der Waals surface area contributed by atoms with Gasteiger partial charge in [-0.05, 0) is 51.1 Å². The Morgan fingerprint density at radius 3 is 2.82 bits per heavy atom. The summed E-state index contributed by atoms with van der Waals surface area (Å²) in [4.78, 5) is 32.8. The summed E-state index contributed by atoms with van der Waals surface area (Å²) in [6.07, 6.45) is 2.48. The maximum absolute atomic E-state index is 14.4. The van der Waals surface area contributed by atoms with E-state index in [2.05, 4.69) is 25.8 Å². The zero-order valence-electron chi connectivity index (χ0n) is 18.1. The number of amides is 2. The molecule has 4 rings (SSSR count). The van der Waals surface area contributed by atoms with Crippen LogP contribution in [0.5, 0.6) is 0 Å². The maximum atomic E-state index is 14.4. The van der Waals surface area contributed by atoms with E-state index >= 15 is 0 Å². The number of nitrogens with zero attached hydrogens (tertiary/aromatic N) is 4. The van der Waals surface area contributed by atoms with Crippen LogP contribution in [0, 0.1) is 5.82 Å². The largest absolute Gasteiger partial charge is 0.444 e. The fraction of sp³-hybridized carbons (Fsp3) is 0.227. The van der Waals surface area contributed by atoms with E-state index in [-0.39, 0.29) is 29.6 Å². The molecule has 0 bridgehead atoms. The van der Waals surface area contributed by atoms with Crippen molar-refractivity contribution in [2.45, 2.75) is 32.9 Å². The molecule has 10 nitrogen and oxygen atoms in total. The molecule has 33 heavy (non-hydrogen) atoms. The van der Waals surface area contributed by atoms with Crippen molar-refractivity contribution in [3.05, 3.63) is 66.2 Å². The van der Waals surface area contributed by atoms with Crippen LogP contribution in [-0.4, -0.2) is 37.1 Å². The van der Waals surface area contributed by atoms with Gasteiger partial charge < -0.3 is 19.9 Å². The molecular formula is C22H21FN6O4. The molecule has 0 saturated heterocycles. The van der Waals surface area contributed by atoms with Crippen molar-refractivity contribution < 1.29 is 23.2 Å². The number of halogens is 1. The fourth-order valence-corrected chi connectivity index (χ4v) is 2.95. The smallest absolute Gasteiger partial charge is 0.408 e. The molecule has 0 unspecified atom stereocenters. The third-order valence-corrected chi connectivity index (χ3v) is 4.37. The molecule has 11 heteroatoms. The first-order chi connectivity index (χ1) is 15.7. The minimum Gasteiger partial charge on any atom is -0.444 e. The number of rotatable bonds is 5. The molecule has 3 heterocycles. The number of nitrogens with one attached hydrogen (secondary N) is 2. The van der Waals surface area contributed by atoms with E-state index in [0.29, 0.717) is 11.2 Å². The standard InChI is InChI=1S/C22H21FN6O4/c1-22(2,3)32-21(31)25-12-18-27-19(28-33-18)13-7-8-14(23)15(10-13)26-20(30)16-11-24-17-6-4-5-9-29(16)17/h4-11H,12H2,1-3H3,(H,25,31)(H,26,30). The minimum atomic E-state index is -0.637. The summed E-state index contributed by atoms with van der Waals surface area (Å²) in [5, 5.41) is 8.92. The van der Waals surface area contributed by atoms with Crippen molar-refractivity contribution in [2.75, 3.05) is 5.32 Å². The van der Waals surface area contributed by atoms with Crippen molar-refractivity contribution in [2.24, 2.45) is 0 Å². The van der Waals surface area contributed by atoms with E-state index in [0.717, 1.165) is 0 Å². The first-order valence-corrected chi connectivity index (χ1v) is 10.0. The van der Waals surface area contributed by atoms with E-state index < -0.39 is 23.4 Å². The Hall–Kier alpha value is -4.28. The lowest BCUT2D eigenvalue weighted by Gasteiger charge is -2.19. The van der Waals surface area contributed by atoms with Crippen LogP contribution in [-0.2, 0) is 11.3 Å². The van der Waals surface area contributed by atoms with E-state index in [4.69, 9.17) is 9.26 Å². The second-order valence-corrected chi connectivity index (χ2v) is 8.09. The van der Waals surface area contributed by atoms with Crippen molar-refractivity contribution in [1.29, 1.82) is 0 Å². The van der Waals surface area contributed by atoms with Gasteiger partial charge in [0.15, 0.2) is 0 Å². The number of hydrogen-bond donors (Lipinski definition) is 2. The zero-order chi connectivity index (χ0) is 23.6.